The number of rotatable bonds is 5. The molecule has 0 radical (unpaired) electrons. The van der Waals surface area contributed by atoms with Gasteiger partial charge >= 0.3 is 0 Å². The van der Waals surface area contributed by atoms with Gasteiger partial charge in [0.25, 0.3) is 0 Å². The standard InChI is InChI=1S/C10H17N3S2/c1-10(2,15-4)6-11-8-5-9(14-3)13-7-12-8/h5,7H,6H2,1-4H3,(H,11,12,13). The molecule has 1 N–H and O–H groups in total. The molecule has 1 aromatic rings. The molecule has 5 heteroatoms. The van der Waals surface area contributed by atoms with E-state index in [0.29, 0.717) is 0 Å². The maximum absolute atomic E-state index is 4.18. The van der Waals surface area contributed by atoms with Gasteiger partial charge in [0.2, 0.25) is 0 Å². The second-order valence-electron chi connectivity index (χ2n) is 3.76. The van der Waals surface area contributed by atoms with E-state index in [1.165, 1.54) is 0 Å². The quantitative estimate of drug-likeness (QED) is 0.636. The van der Waals surface area contributed by atoms with Crippen LogP contribution < -0.4 is 5.32 Å². The number of thioether (sulfide) groups is 2. The zero-order valence-electron chi connectivity index (χ0n) is 9.57. The van der Waals surface area contributed by atoms with Crippen LogP contribution in [0, 0.1) is 0 Å². The molecule has 0 unspecified atom stereocenters. The molecule has 0 aromatic carbocycles. The van der Waals surface area contributed by atoms with Crippen LogP contribution in [0.25, 0.3) is 0 Å². The third-order valence-electron chi connectivity index (χ3n) is 2.10. The van der Waals surface area contributed by atoms with Crippen molar-refractivity contribution in [2.75, 3.05) is 24.4 Å². The summed E-state index contributed by atoms with van der Waals surface area (Å²) in [6, 6.07) is 1.97. The van der Waals surface area contributed by atoms with Crippen molar-refractivity contribution in [2.45, 2.75) is 23.6 Å². The minimum absolute atomic E-state index is 0.227. The van der Waals surface area contributed by atoms with E-state index in [-0.39, 0.29) is 4.75 Å². The van der Waals surface area contributed by atoms with Crippen LogP contribution >= 0.6 is 23.5 Å². The van der Waals surface area contributed by atoms with Crippen LogP contribution in [-0.4, -0.2) is 33.8 Å². The highest BCUT2D eigenvalue weighted by molar-refractivity contribution is 8.00. The number of hydrogen-bond donors (Lipinski definition) is 1. The molecule has 1 heterocycles. The maximum atomic E-state index is 4.18. The molecule has 0 fully saturated rings. The fraction of sp³-hybridized carbons (Fsp3) is 0.600. The maximum Gasteiger partial charge on any atom is 0.130 e. The Morgan fingerprint density at radius 3 is 2.67 bits per heavy atom. The van der Waals surface area contributed by atoms with Crippen molar-refractivity contribution in [1.29, 1.82) is 0 Å². The van der Waals surface area contributed by atoms with Gasteiger partial charge in [-0.25, -0.2) is 9.97 Å². The van der Waals surface area contributed by atoms with Crippen LogP contribution in [0.4, 0.5) is 5.82 Å². The third-order valence-corrected chi connectivity index (χ3v) is 3.99. The fourth-order valence-corrected chi connectivity index (χ4v) is 1.52. The Bertz CT molecular complexity index is 315. The molecule has 3 nitrogen and oxygen atoms in total. The minimum atomic E-state index is 0.227. The van der Waals surface area contributed by atoms with Gasteiger partial charge in [-0.3, -0.25) is 0 Å². The molecular formula is C10H17N3S2. The normalized spacial score (nSPS) is 11.5. The van der Waals surface area contributed by atoms with Crippen LogP contribution in [-0.2, 0) is 0 Å². The first-order chi connectivity index (χ1) is 7.07. The van der Waals surface area contributed by atoms with Crippen LogP contribution in [0.15, 0.2) is 17.4 Å². The highest BCUT2D eigenvalue weighted by atomic mass is 32.2. The number of nitrogens with zero attached hydrogens (tertiary/aromatic N) is 2. The van der Waals surface area contributed by atoms with Crippen LogP contribution in [0.1, 0.15) is 13.8 Å². The van der Waals surface area contributed by atoms with Gasteiger partial charge in [-0.1, -0.05) is 0 Å². The molecule has 15 heavy (non-hydrogen) atoms. The van der Waals surface area contributed by atoms with Crippen LogP contribution in [0.2, 0.25) is 0 Å². The zero-order chi connectivity index (χ0) is 11.3. The molecule has 0 spiro atoms. The van der Waals surface area contributed by atoms with E-state index in [1.807, 2.05) is 24.1 Å². The summed E-state index contributed by atoms with van der Waals surface area (Å²) in [5, 5.41) is 4.32. The molecule has 0 saturated carbocycles. The Labute approximate surface area is 99.9 Å². The zero-order valence-corrected chi connectivity index (χ0v) is 11.2. The van der Waals surface area contributed by atoms with Gasteiger partial charge in [-0.2, -0.15) is 11.8 Å². The lowest BCUT2D eigenvalue weighted by Crippen LogP contribution is -2.26. The number of hydrogen-bond acceptors (Lipinski definition) is 5. The first kappa shape index (κ1) is 12.6. The van der Waals surface area contributed by atoms with Crippen LogP contribution in [0.5, 0.6) is 0 Å². The van der Waals surface area contributed by atoms with Crippen molar-refractivity contribution in [3.05, 3.63) is 12.4 Å². The topological polar surface area (TPSA) is 37.8 Å². The molecule has 0 atom stereocenters. The lowest BCUT2D eigenvalue weighted by atomic mass is 10.2. The summed E-state index contributed by atoms with van der Waals surface area (Å²) in [6.07, 6.45) is 5.73. The van der Waals surface area contributed by atoms with Gasteiger partial charge in [-0.15, -0.1) is 11.8 Å². The Kier molecular flexibility index (Phi) is 4.73. The fourth-order valence-electron chi connectivity index (χ4n) is 0.923. The van der Waals surface area contributed by atoms with Crippen LogP contribution in [0.3, 0.4) is 0 Å². The highest BCUT2D eigenvalue weighted by Crippen LogP contribution is 2.21. The average molecular weight is 243 g/mol. The number of nitrogens with one attached hydrogen (secondary N) is 1. The minimum Gasteiger partial charge on any atom is -0.369 e. The second kappa shape index (κ2) is 5.61. The van der Waals surface area contributed by atoms with E-state index in [4.69, 9.17) is 0 Å². The summed E-state index contributed by atoms with van der Waals surface area (Å²) in [4.78, 5) is 8.31. The molecule has 1 aromatic heterocycles. The van der Waals surface area contributed by atoms with Gasteiger partial charge in [0.15, 0.2) is 0 Å². The Hall–Kier alpha value is -0.420. The summed E-state index contributed by atoms with van der Waals surface area (Å²) in [7, 11) is 0. The summed E-state index contributed by atoms with van der Waals surface area (Å²) in [6.45, 7) is 5.32. The van der Waals surface area contributed by atoms with Gasteiger partial charge in [0, 0.05) is 17.4 Å². The third kappa shape index (κ3) is 4.30. The molecule has 0 aliphatic rings. The monoisotopic (exact) mass is 243 g/mol. The predicted molar refractivity (Wildman–Crippen MR) is 69.9 cm³/mol. The van der Waals surface area contributed by atoms with Crippen molar-refractivity contribution in [1.82, 2.24) is 9.97 Å². The van der Waals surface area contributed by atoms with Crippen molar-refractivity contribution in [3.8, 4) is 0 Å². The molecule has 0 bridgehead atoms. The van der Waals surface area contributed by atoms with E-state index in [1.54, 1.807) is 18.1 Å². The van der Waals surface area contributed by atoms with Crippen molar-refractivity contribution < 1.29 is 0 Å². The van der Waals surface area contributed by atoms with Crippen molar-refractivity contribution in [2.24, 2.45) is 0 Å². The SMILES string of the molecule is CSc1cc(NCC(C)(C)SC)ncn1. The first-order valence-electron chi connectivity index (χ1n) is 4.72. The molecule has 0 saturated heterocycles. The summed E-state index contributed by atoms with van der Waals surface area (Å²) in [5.41, 5.74) is 0. The molecule has 0 amide bonds. The largest absolute Gasteiger partial charge is 0.369 e. The van der Waals surface area contributed by atoms with Gasteiger partial charge in [0.1, 0.15) is 17.2 Å². The Morgan fingerprint density at radius 2 is 2.07 bits per heavy atom. The van der Waals surface area contributed by atoms with E-state index in [9.17, 15) is 0 Å². The van der Waals surface area contributed by atoms with Gasteiger partial charge < -0.3 is 5.32 Å². The molecule has 0 aliphatic heterocycles. The number of aromatic nitrogens is 2. The van der Waals surface area contributed by atoms with Crippen molar-refractivity contribution in [3.63, 3.8) is 0 Å². The smallest absolute Gasteiger partial charge is 0.130 e. The number of anilines is 1. The lowest BCUT2D eigenvalue weighted by molar-refractivity contribution is 0.749. The van der Waals surface area contributed by atoms with Gasteiger partial charge in [-0.05, 0) is 26.4 Å². The highest BCUT2D eigenvalue weighted by Gasteiger charge is 2.15. The summed E-state index contributed by atoms with van der Waals surface area (Å²) < 4.78 is 0.227. The van der Waals surface area contributed by atoms with Gasteiger partial charge in [0.05, 0.1) is 0 Å². The lowest BCUT2D eigenvalue weighted by Gasteiger charge is -2.22. The molecule has 0 aliphatic carbocycles. The molecular weight excluding hydrogens is 226 g/mol. The Balaban J connectivity index is 2.57. The first-order valence-corrected chi connectivity index (χ1v) is 7.17. The van der Waals surface area contributed by atoms with E-state index in [0.717, 1.165) is 17.4 Å². The second-order valence-corrected chi connectivity index (χ2v) is 6.10. The van der Waals surface area contributed by atoms with E-state index < -0.39 is 0 Å². The van der Waals surface area contributed by atoms with Crippen molar-refractivity contribution >= 4 is 29.3 Å². The molecule has 84 valence electrons. The average Bonchev–Trinajstić information content (AvgIpc) is 2.27. The molecule has 1 rings (SSSR count). The van der Waals surface area contributed by atoms with E-state index in [2.05, 4.69) is 35.4 Å². The summed E-state index contributed by atoms with van der Waals surface area (Å²) in [5.74, 6) is 0.900. The van der Waals surface area contributed by atoms with E-state index >= 15 is 0 Å². The Morgan fingerprint density at radius 1 is 1.33 bits per heavy atom. The summed E-state index contributed by atoms with van der Waals surface area (Å²) >= 11 is 3.47. The predicted octanol–water partition coefficient (Wildman–Crippen LogP) is 2.75.